The summed E-state index contributed by atoms with van der Waals surface area (Å²) in [5.41, 5.74) is -0.858. The average molecular weight is 473 g/mol. The van der Waals surface area contributed by atoms with Gasteiger partial charge in [0.25, 0.3) is 5.91 Å². The quantitative estimate of drug-likeness (QED) is 0.535. The number of carbonyl (C=O) groups is 1. The summed E-state index contributed by atoms with van der Waals surface area (Å²) < 4.78 is 48.6. The van der Waals surface area contributed by atoms with Gasteiger partial charge in [0.05, 0.1) is 35.8 Å². The molecule has 3 N–H and O–H groups in total. The van der Waals surface area contributed by atoms with E-state index in [0.717, 1.165) is 30.3 Å². The number of nitrogens with one attached hydrogen (secondary N) is 1. The lowest BCUT2D eigenvalue weighted by molar-refractivity contribution is -0.192. The number of aliphatic hydroxyl groups is 2. The first-order valence-electron chi connectivity index (χ1n) is 10.6. The number of ether oxygens (including phenoxy) is 1. The van der Waals surface area contributed by atoms with E-state index in [4.69, 9.17) is 4.74 Å². The smallest absolute Gasteiger partial charge is 0.274 e. The standard InChI is InChI=1S/C24H22F3N3O4/c1-11-21(31)22(32)12(2)34-23(11)13-8-9-28-10-18(13)30-24(33)17-7-6-16(27)20(29-17)19-14(25)4-3-5-15(19)26/h3-12,21-23,31-32H,1-2H3,(H,30,33)/t11-,12+,21+,22+,23+/m1/s1. The zero-order chi connectivity index (χ0) is 24.6. The summed E-state index contributed by atoms with van der Waals surface area (Å²) in [7, 11) is 0. The van der Waals surface area contributed by atoms with Crippen molar-refractivity contribution in [1.29, 1.82) is 0 Å². The van der Waals surface area contributed by atoms with Crippen molar-refractivity contribution in [2.24, 2.45) is 5.92 Å². The Balaban J connectivity index is 1.65. The second-order valence-corrected chi connectivity index (χ2v) is 8.14. The van der Waals surface area contributed by atoms with E-state index in [1.807, 2.05) is 0 Å². The Hall–Kier alpha value is -3.34. The van der Waals surface area contributed by atoms with Crippen LogP contribution in [0.1, 0.15) is 36.0 Å². The molecule has 1 aliphatic heterocycles. The maximum absolute atomic E-state index is 14.4. The molecule has 1 aromatic carbocycles. The highest BCUT2D eigenvalue weighted by molar-refractivity contribution is 6.03. The minimum absolute atomic E-state index is 0.241. The third-order valence-electron chi connectivity index (χ3n) is 5.90. The normalized spacial score (nSPS) is 24.6. The van der Waals surface area contributed by atoms with Gasteiger partial charge in [0.15, 0.2) is 0 Å². The molecule has 0 bridgehead atoms. The summed E-state index contributed by atoms with van der Waals surface area (Å²) in [6.45, 7) is 3.32. The number of carbonyl (C=O) groups excluding carboxylic acids is 1. The summed E-state index contributed by atoms with van der Waals surface area (Å²) in [5, 5.41) is 23.1. The second kappa shape index (κ2) is 9.49. The van der Waals surface area contributed by atoms with Gasteiger partial charge in [-0.1, -0.05) is 13.0 Å². The van der Waals surface area contributed by atoms with Crippen molar-refractivity contribution < 1.29 is 32.9 Å². The number of aliphatic hydroxyl groups excluding tert-OH is 2. The van der Waals surface area contributed by atoms with Gasteiger partial charge in [0.2, 0.25) is 0 Å². The van der Waals surface area contributed by atoms with Gasteiger partial charge in [-0.2, -0.15) is 0 Å². The van der Waals surface area contributed by atoms with Gasteiger partial charge >= 0.3 is 0 Å². The van der Waals surface area contributed by atoms with Crippen molar-refractivity contribution in [1.82, 2.24) is 9.97 Å². The number of anilines is 1. The van der Waals surface area contributed by atoms with E-state index in [1.54, 1.807) is 19.9 Å². The molecule has 1 amide bonds. The molecule has 0 spiro atoms. The molecule has 5 atom stereocenters. The van der Waals surface area contributed by atoms with E-state index in [9.17, 15) is 28.2 Å². The molecule has 1 aliphatic rings. The van der Waals surface area contributed by atoms with Crippen molar-refractivity contribution in [2.75, 3.05) is 5.32 Å². The van der Waals surface area contributed by atoms with Crippen molar-refractivity contribution in [3.8, 4) is 11.3 Å². The van der Waals surface area contributed by atoms with Crippen LogP contribution in [0.4, 0.5) is 18.9 Å². The highest BCUT2D eigenvalue weighted by Gasteiger charge is 2.41. The van der Waals surface area contributed by atoms with E-state index in [1.165, 1.54) is 12.4 Å². The lowest BCUT2D eigenvalue weighted by atomic mass is 9.85. The molecule has 2 aromatic heterocycles. The molecule has 178 valence electrons. The van der Waals surface area contributed by atoms with Crippen molar-refractivity contribution in [3.05, 3.63) is 77.5 Å². The van der Waals surface area contributed by atoms with E-state index in [0.29, 0.717) is 5.56 Å². The Labute approximate surface area is 193 Å². The van der Waals surface area contributed by atoms with E-state index in [2.05, 4.69) is 15.3 Å². The summed E-state index contributed by atoms with van der Waals surface area (Å²) in [6, 6.07) is 6.66. The van der Waals surface area contributed by atoms with Gasteiger partial charge in [0, 0.05) is 17.7 Å². The molecular formula is C24H22F3N3O4. The maximum Gasteiger partial charge on any atom is 0.274 e. The van der Waals surface area contributed by atoms with Crippen molar-refractivity contribution >= 4 is 11.6 Å². The molecule has 1 fully saturated rings. The molecule has 0 aliphatic carbocycles. The Morgan fingerprint density at radius 3 is 2.41 bits per heavy atom. The first kappa shape index (κ1) is 23.8. The van der Waals surface area contributed by atoms with Crippen LogP contribution in [0.25, 0.3) is 11.3 Å². The molecule has 0 unspecified atom stereocenters. The number of hydrogen-bond acceptors (Lipinski definition) is 6. The zero-order valence-corrected chi connectivity index (χ0v) is 18.2. The van der Waals surface area contributed by atoms with E-state index < -0.39 is 64.9 Å². The first-order valence-corrected chi connectivity index (χ1v) is 10.6. The maximum atomic E-state index is 14.4. The molecule has 0 radical (unpaired) electrons. The number of pyridine rings is 2. The van der Waals surface area contributed by atoms with Crippen LogP contribution < -0.4 is 5.32 Å². The zero-order valence-electron chi connectivity index (χ0n) is 18.2. The Kier molecular flexibility index (Phi) is 6.65. The number of nitrogens with zero attached hydrogens (tertiary/aromatic N) is 2. The number of aromatic nitrogens is 2. The fourth-order valence-corrected chi connectivity index (χ4v) is 3.97. The Bertz CT molecular complexity index is 1210. The number of hydrogen-bond donors (Lipinski definition) is 3. The van der Waals surface area contributed by atoms with Crippen LogP contribution in [-0.2, 0) is 4.74 Å². The largest absolute Gasteiger partial charge is 0.390 e. The number of rotatable bonds is 4. The highest BCUT2D eigenvalue weighted by atomic mass is 19.1. The van der Waals surface area contributed by atoms with Gasteiger partial charge in [-0.05, 0) is 37.3 Å². The average Bonchev–Trinajstić information content (AvgIpc) is 2.81. The van der Waals surface area contributed by atoms with E-state index in [-0.39, 0.29) is 11.4 Å². The van der Waals surface area contributed by atoms with Crippen LogP contribution in [0.5, 0.6) is 0 Å². The van der Waals surface area contributed by atoms with Crippen molar-refractivity contribution in [3.63, 3.8) is 0 Å². The SMILES string of the molecule is C[C@@H]1[C@H](O)[C@@H](O)[C@H](C)O[C@@H]1c1ccncc1NC(=O)c1ccc(F)c(-c2c(F)cccc2F)n1. The van der Waals surface area contributed by atoms with Crippen molar-refractivity contribution in [2.45, 2.75) is 38.3 Å². The number of halogens is 3. The summed E-state index contributed by atoms with van der Waals surface area (Å²) in [4.78, 5) is 20.8. The lowest BCUT2D eigenvalue weighted by Gasteiger charge is -2.41. The molecule has 3 heterocycles. The minimum atomic E-state index is -1.06. The molecule has 34 heavy (non-hydrogen) atoms. The molecule has 0 saturated carbocycles. The fraction of sp³-hybridized carbons (Fsp3) is 0.292. The number of amides is 1. The predicted octanol–water partition coefficient (Wildman–Crippen LogP) is 3.63. The van der Waals surface area contributed by atoms with Crippen LogP contribution in [0, 0.1) is 23.4 Å². The van der Waals surface area contributed by atoms with Crippen LogP contribution in [0.2, 0.25) is 0 Å². The van der Waals surface area contributed by atoms with Crippen LogP contribution >= 0.6 is 0 Å². The Morgan fingerprint density at radius 2 is 1.71 bits per heavy atom. The third-order valence-corrected chi connectivity index (χ3v) is 5.90. The fourth-order valence-electron chi connectivity index (χ4n) is 3.97. The lowest BCUT2D eigenvalue weighted by Crippen LogP contribution is -2.49. The second-order valence-electron chi connectivity index (χ2n) is 8.14. The van der Waals surface area contributed by atoms with Gasteiger partial charge in [-0.25, -0.2) is 18.2 Å². The molecule has 10 heteroatoms. The van der Waals surface area contributed by atoms with Gasteiger partial charge < -0.3 is 20.3 Å². The third kappa shape index (κ3) is 4.39. The number of benzene rings is 1. The summed E-state index contributed by atoms with van der Waals surface area (Å²) >= 11 is 0. The van der Waals surface area contributed by atoms with Crippen LogP contribution in [0.15, 0.2) is 48.8 Å². The molecule has 3 aromatic rings. The molecule has 7 nitrogen and oxygen atoms in total. The summed E-state index contributed by atoms with van der Waals surface area (Å²) in [6.07, 6.45) is -0.597. The monoisotopic (exact) mass is 473 g/mol. The van der Waals surface area contributed by atoms with E-state index >= 15 is 0 Å². The topological polar surface area (TPSA) is 105 Å². The molecule has 1 saturated heterocycles. The Morgan fingerprint density at radius 1 is 1.00 bits per heavy atom. The molecular weight excluding hydrogens is 451 g/mol. The summed E-state index contributed by atoms with van der Waals surface area (Å²) in [5.74, 6) is -4.31. The van der Waals surface area contributed by atoms with Crippen LogP contribution in [-0.4, -0.2) is 44.4 Å². The predicted molar refractivity (Wildman–Crippen MR) is 116 cm³/mol. The van der Waals surface area contributed by atoms with Gasteiger partial charge in [-0.3, -0.25) is 9.78 Å². The van der Waals surface area contributed by atoms with Crippen LogP contribution in [0.3, 0.4) is 0 Å². The van der Waals surface area contributed by atoms with Gasteiger partial charge in [-0.15, -0.1) is 0 Å². The minimum Gasteiger partial charge on any atom is -0.390 e. The first-order chi connectivity index (χ1) is 16.2. The van der Waals surface area contributed by atoms with Gasteiger partial charge in [0.1, 0.15) is 34.9 Å². The highest BCUT2D eigenvalue weighted by Crippen LogP contribution is 2.39. The molecule has 4 rings (SSSR count).